The number of nitrogens with zero attached hydrogens (tertiary/aromatic N) is 5. The zero-order valence-electron chi connectivity index (χ0n) is 17.4. The summed E-state index contributed by atoms with van der Waals surface area (Å²) < 4.78 is 15.2. The highest BCUT2D eigenvalue weighted by molar-refractivity contribution is 5.94. The number of aromatic nitrogens is 2. The van der Waals surface area contributed by atoms with Crippen molar-refractivity contribution >= 4 is 17.6 Å². The summed E-state index contributed by atoms with van der Waals surface area (Å²) in [6, 6.07) is 5.02. The molecule has 0 spiro atoms. The van der Waals surface area contributed by atoms with Crippen molar-refractivity contribution < 1.29 is 23.9 Å². The summed E-state index contributed by atoms with van der Waals surface area (Å²) in [5.74, 6) is -0.947. The first-order chi connectivity index (χ1) is 14.9. The van der Waals surface area contributed by atoms with Gasteiger partial charge in [0.15, 0.2) is 0 Å². The first kappa shape index (κ1) is 22.2. The van der Waals surface area contributed by atoms with Gasteiger partial charge in [-0.25, -0.2) is 14.2 Å². The number of anilines is 1. The smallest absolute Gasteiger partial charge is 0.322 e. The number of aliphatic hydroxyl groups is 1. The quantitative estimate of drug-likeness (QED) is 0.707. The Morgan fingerprint density at radius 1 is 1.42 bits per heavy atom. The predicted octanol–water partition coefficient (Wildman–Crippen LogP) is 1.50. The average molecular weight is 430 g/mol. The normalized spacial score (nSPS) is 17.5. The summed E-state index contributed by atoms with van der Waals surface area (Å²) in [5, 5.41) is 24.4. The Labute approximate surface area is 178 Å². The Bertz CT molecular complexity index is 1050. The number of hydrogen-bond donors (Lipinski definition) is 2. The molecule has 3 amide bonds. The zero-order chi connectivity index (χ0) is 22.7. The lowest BCUT2D eigenvalue weighted by Gasteiger charge is -2.33. The minimum Gasteiger partial charge on any atom is -0.400 e. The third kappa shape index (κ3) is 4.21. The van der Waals surface area contributed by atoms with E-state index < -0.39 is 11.8 Å². The van der Waals surface area contributed by atoms with E-state index in [2.05, 4.69) is 10.4 Å². The molecule has 0 saturated carbocycles. The summed E-state index contributed by atoms with van der Waals surface area (Å²) in [6.07, 6.45) is 0.507. The molecule has 11 heteroatoms. The first-order valence-electron chi connectivity index (χ1n) is 9.60. The van der Waals surface area contributed by atoms with Crippen LogP contribution in [-0.4, -0.2) is 63.6 Å². The fourth-order valence-electron chi connectivity index (χ4n) is 3.62. The highest BCUT2D eigenvalue weighted by Crippen LogP contribution is 2.28. The van der Waals surface area contributed by atoms with Gasteiger partial charge in [0.25, 0.3) is 5.91 Å². The highest BCUT2D eigenvalue weighted by atomic mass is 19.1. The van der Waals surface area contributed by atoms with E-state index in [0.717, 1.165) is 18.9 Å². The second-order valence-corrected chi connectivity index (χ2v) is 7.05. The Hall–Kier alpha value is -3.49. The van der Waals surface area contributed by atoms with Crippen molar-refractivity contribution in [3.8, 4) is 6.07 Å². The number of benzene rings is 1. The van der Waals surface area contributed by atoms with Gasteiger partial charge < -0.3 is 15.3 Å². The van der Waals surface area contributed by atoms with E-state index in [1.165, 1.54) is 17.2 Å². The van der Waals surface area contributed by atoms with Crippen LogP contribution in [0, 0.1) is 17.1 Å². The standard InChI is InChI=1S/C19H19FN6O3.CH4O/c1-11-7-16-14(17-18(27)24(2)29-6-5-26(17)23-16)10-25(11)19(28)22-13-3-4-15(20)12(8-13)9-21;1-2/h3-4,8,11H,5-7,10H2,1-2H3,(H,22,28);2H,1H3/t11-;/m1./s1. The molecule has 0 saturated heterocycles. The lowest BCUT2D eigenvalue weighted by atomic mass is 9.99. The number of nitrogens with one attached hydrogen (secondary N) is 1. The maximum absolute atomic E-state index is 13.5. The fraction of sp³-hybridized carbons (Fsp3) is 0.400. The van der Waals surface area contributed by atoms with Crippen LogP contribution in [0.25, 0.3) is 0 Å². The molecule has 0 unspecified atom stereocenters. The van der Waals surface area contributed by atoms with Gasteiger partial charge in [0.2, 0.25) is 0 Å². The minimum atomic E-state index is -0.645. The van der Waals surface area contributed by atoms with E-state index in [-0.39, 0.29) is 24.1 Å². The minimum absolute atomic E-state index is 0.146. The van der Waals surface area contributed by atoms with E-state index in [0.29, 0.717) is 36.5 Å². The van der Waals surface area contributed by atoms with E-state index in [1.807, 2.05) is 6.92 Å². The molecule has 1 atom stereocenters. The van der Waals surface area contributed by atoms with Crippen LogP contribution in [-0.2, 0) is 24.3 Å². The first-order valence-corrected chi connectivity index (χ1v) is 9.60. The molecule has 164 valence electrons. The van der Waals surface area contributed by atoms with Crippen molar-refractivity contribution in [2.75, 3.05) is 26.1 Å². The summed E-state index contributed by atoms with van der Waals surface area (Å²) in [7, 11) is 2.55. The number of fused-ring (bicyclic) bond motifs is 3. The Morgan fingerprint density at radius 3 is 2.87 bits per heavy atom. The van der Waals surface area contributed by atoms with Crippen LogP contribution in [0.5, 0.6) is 0 Å². The number of nitriles is 1. The van der Waals surface area contributed by atoms with Crippen LogP contribution in [0.15, 0.2) is 18.2 Å². The molecule has 0 bridgehead atoms. The highest BCUT2D eigenvalue weighted by Gasteiger charge is 2.36. The fourth-order valence-corrected chi connectivity index (χ4v) is 3.62. The Kier molecular flexibility index (Phi) is 6.53. The molecule has 2 aromatic rings. The van der Waals surface area contributed by atoms with E-state index in [9.17, 15) is 14.0 Å². The number of amides is 3. The number of carbonyl (C=O) groups excluding carboxylic acids is 2. The predicted molar refractivity (Wildman–Crippen MR) is 107 cm³/mol. The third-order valence-electron chi connectivity index (χ3n) is 5.16. The third-order valence-corrected chi connectivity index (χ3v) is 5.16. The van der Waals surface area contributed by atoms with Gasteiger partial charge in [-0.15, -0.1) is 0 Å². The summed E-state index contributed by atoms with van der Waals surface area (Å²) in [4.78, 5) is 32.5. The average Bonchev–Trinajstić information content (AvgIpc) is 3.04. The summed E-state index contributed by atoms with van der Waals surface area (Å²) in [5.41, 5.74) is 2.11. The number of urea groups is 1. The van der Waals surface area contributed by atoms with Crippen molar-refractivity contribution in [2.24, 2.45) is 0 Å². The van der Waals surface area contributed by atoms with Crippen LogP contribution >= 0.6 is 0 Å². The SMILES string of the molecule is CO.C[C@@H]1Cc2nn3c(c2CN1C(=O)Nc1ccc(F)c(C#N)c1)C(=O)N(C)OCC3. The van der Waals surface area contributed by atoms with Gasteiger partial charge in [0.05, 0.1) is 31.0 Å². The molecule has 31 heavy (non-hydrogen) atoms. The number of hydrogen-bond acceptors (Lipinski definition) is 6. The number of aliphatic hydroxyl groups excluding tert-OH is 1. The van der Waals surface area contributed by atoms with Gasteiger partial charge in [0.1, 0.15) is 17.6 Å². The maximum atomic E-state index is 13.5. The molecule has 1 aromatic heterocycles. The van der Waals surface area contributed by atoms with Gasteiger partial charge in [0, 0.05) is 37.9 Å². The molecular weight excluding hydrogens is 407 g/mol. The van der Waals surface area contributed by atoms with Crippen LogP contribution in [0.1, 0.15) is 34.2 Å². The largest absolute Gasteiger partial charge is 0.400 e. The molecule has 0 radical (unpaired) electrons. The van der Waals surface area contributed by atoms with Crippen molar-refractivity contribution in [1.29, 1.82) is 5.26 Å². The van der Waals surface area contributed by atoms with Crippen molar-refractivity contribution in [3.05, 3.63) is 46.5 Å². The van der Waals surface area contributed by atoms with Gasteiger partial charge in [-0.1, -0.05) is 0 Å². The lowest BCUT2D eigenvalue weighted by Crippen LogP contribution is -2.45. The van der Waals surface area contributed by atoms with E-state index >= 15 is 0 Å². The molecule has 4 rings (SSSR count). The van der Waals surface area contributed by atoms with Crippen molar-refractivity contribution in [3.63, 3.8) is 0 Å². The summed E-state index contributed by atoms with van der Waals surface area (Å²) in [6.45, 7) is 2.89. The van der Waals surface area contributed by atoms with Crippen molar-refractivity contribution in [1.82, 2.24) is 19.7 Å². The number of halogens is 1. The van der Waals surface area contributed by atoms with Crippen LogP contribution in [0.2, 0.25) is 0 Å². The maximum Gasteiger partial charge on any atom is 0.322 e. The molecule has 2 N–H and O–H groups in total. The van der Waals surface area contributed by atoms with Crippen molar-refractivity contribution in [2.45, 2.75) is 32.5 Å². The molecule has 10 nitrogen and oxygen atoms in total. The second-order valence-electron chi connectivity index (χ2n) is 7.05. The number of carbonyl (C=O) groups is 2. The Balaban J connectivity index is 0.00000132. The summed E-state index contributed by atoms with van der Waals surface area (Å²) >= 11 is 0. The van der Waals surface area contributed by atoms with E-state index in [4.69, 9.17) is 15.2 Å². The monoisotopic (exact) mass is 430 g/mol. The number of hydroxylamine groups is 2. The van der Waals surface area contributed by atoms with Crippen LogP contribution in [0.3, 0.4) is 0 Å². The van der Waals surface area contributed by atoms with Crippen LogP contribution < -0.4 is 5.32 Å². The van der Waals surface area contributed by atoms with Gasteiger partial charge in [-0.3, -0.25) is 14.3 Å². The molecule has 3 heterocycles. The second kappa shape index (κ2) is 9.11. The molecule has 0 aliphatic carbocycles. The van der Waals surface area contributed by atoms with Gasteiger partial charge in [-0.05, 0) is 25.1 Å². The van der Waals surface area contributed by atoms with Crippen LogP contribution in [0.4, 0.5) is 14.9 Å². The molecule has 2 aliphatic rings. The zero-order valence-corrected chi connectivity index (χ0v) is 17.4. The van der Waals surface area contributed by atoms with Gasteiger partial charge in [-0.2, -0.15) is 10.4 Å². The molecule has 2 aliphatic heterocycles. The molecular formula is C20H23FN6O4. The van der Waals surface area contributed by atoms with E-state index in [1.54, 1.807) is 22.7 Å². The Morgan fingerprint density at radius 2 is 2.16 bits per heavy atom. The molecule has 0 fully saturated rings. The number of rotatable bonds is 1. The van der Waals surface area contributed by atoms with Gasteiger partial charge >= 0.3 is 6.03 Å². The topological polar surface area (TPSA) is 124 Å². The lowest BCUT2D eigenvalue weighted by molar-refractivity contribution is -0.103. The molecule has 1 aromatic carbocycles.